The molecule has 2 aromatic heterocycles. The van der Waals surface area contributed by atoms with Crippen LogP contribution < -0.4 is 20.3 Å². The molecule has 2 N–H and O–H groups in total. The Bertz CT molecular complexity index is 1460. The zero-order chi connectivity index (χ0) is 26.5. The monoisotopic (exact) mass is 527 g/mol. The van der Waals surface area contributed by atoms with Crippen molar-refractivity contribution in [2.45, 2.75) is 38.6 Å². The molecule has 39 heavy (non-hydrogen) atoms. The zero-order valence-electron chi connectivity index (χ0n) is 22.3. The van der Waals surface area contributed by atoms with E-state index in [2.05, 4.69) is 43.8 Å². The van der Waals surface area contributed by atoms with Crippen molar-refractivity contribution in [1.29, 1.82) is 0 Å². The number of benzene rings is 1. The van der Waals surface area contributed by atoms with Crippen LogP contribution >= 0.6 is 0 Å². The van der Waals surface area contributed by atoms with Crippen molar-refractivity contribution in [2.24, 2.45) is 23.9 Å². The van der Waals surface area contributed by atoms with E-state index in [1.165, 1.54) is 12.8 Å². The van der Waals surface area contributed by atoms with E-state index >= 15 is 0 Å². The van der Waals surface area contributed by atoms with Gasteiger partial charge in [0.1, 0.15) is 0 Å². The van der Waals surface area contributed by atoms with Crippen molar-refractivity contribution in [1.82, 2.24) is 14.8 Å². The highest BCUT2D eigenvalue weighted by atomic mass is 16.5. The molecule has 1 amide bonds. The van der Waals surface area contributed by atoms with Gasteiger partial charge < -0.3 is 25.0 Å². The highest BCUT2D eigenvalue weighted by Gasteiger charge is 2.33. The molecule has 10 nitrogen and oxygen atoms in total. The number of anilines is 3. The average molecular weight is 528 g/mol. The first kappa shape index (κ1) is 24.1. The van der Waals surface area contributed by atoms with Gasteiger partial charge in [0.2, 0.25) is 11.8 Å². The molecule has 10 heteroatoms. The number of amides is 1. The smallest absolute Gasteiger partial charge is 0.280 e. The normalized spacial score (nSPS) is 22.6. The number of aryl methyl sites for hydroxylation is 2. The highest BCUT2D eigenvalue weighted by Crippen LogP contribution is 2.41. The third-order valence-electron chi connectivity index (χ3n) is 8.05. The van der Waals surface area contributed by atoms with Crippen LogP contribution in [0.2, 0.25) is 0 Å². The van der Waals surface area contributed by atoms with E-state index in [0.29, 0.717) is 47.6 Å². The van der Waals surface area contributed by atoms with Crippen LogP contribution in [0.15, 0.2) is 41.5 Å². The van der Waals surface area contributed by atoms with E-state index in [0.717, 1.165) is 60.9 Å². The number of carbonyl (C=O) groups is 1. The lowest BCUT2D eigenvalue weighted by molar-refractivity contribution is 0.0211. The van der Waals surface area contributed by atoms with Crippen molar-refractivity contribution in [2.75, 3.05) is 41.9 Å². The maximum Gasteiger partial charge on any atom is 0.280 e. The van der Waals surface area contributed by atoms with Crippen LogP contribution in [-0.4, -0.2) is 59.0 Å². The molecule has 0 spiro atoms. The summed E-state index contributed by atoms with van der Waals surface area (Å²) in [5.74, 6) is 2.10. The van der Waals surface area contributed by atoms with Crippen molar-refractivity contribution >= 4 is 28.9 Å². The maximum absolute atomic E-state index is 13.5. The first-order valence-corrected chi connectivity index (χ1v) is 13.8. The maximum atomic E-state index is 13.5. The molecule has 3 aliphatic heterocycles. The van der Waals surface area contributed by atoms with Gasteiger partial charge in [-0.2, -0.15) is 10.1 Å². The third-order valence-corrected chi connectivity index (χ3v) is 8.05. The molecule has 202 valence electrons. The molecule has 1 aliphatic carbocycles. The second kappa shape index (κ2) is 9.68. The van der Waals surface area contributed by atoms with Gasteiger partial charge in [0.15, 0.2) is 0 Å². The lowest BCUT2D eigenvalue weighted by atomic mass is 9.98. The molecule has 7 rings (SSSR count). The number of aliphatic imine (C=N–C) groups is 1. The summed E-state index contributed by atoms with van der Waals surface area (Å²) >= 11 is 0. The average Bonchev–Trinajstić information content (AvgIpc) is 3.59. The quantitative estimate of drug-likeness (QED) is 0.521. The Balaban J connectivity index is 1.26. The van der Waals surface area contributed by atoms with E-state index in [9.17, 15) is 4.79 Å². The molecule has 4 aliphatic rings. The zero-order valence-corrected chi connectivity index (χ0v) is 22.3. The molecule has 1 saturated carbocycles. The summed E-state index contributed by atoms with van der Waals surface area (Å²) in [5.41, 5.74) is 5.67. The summed E-state index contributed by atoms with van der Waals surface area (Å²) in [7, 11) is 1.88. The Hall–Kier alpha value is -3.92. The van der Waals surface area contributed by atoms with E-state index < -0.39 is 0 Å². The minimum absolute atomic E-state index is 0.316. The number of guanidine groups is 1. The summed E-state index contributed by atoms with van der Waals surface area (Å²) < 4.78 is 13.5. The number of nitrogens with zero attached hydrogens (tertiary/aromatic N) is 5. The number of carbonyl (C=O) groups excluding carboxylic acids is 1. The predicted octanol–water partition coefficient (Wildman–Crippen LogP) is 4.23. The van der Waals surface area contributed by atoms with Crippen molar-refractivity contribution in [3.05, 3.63) is 47.8 Å². The van der Waals surface area contributed by atoms with Gasteiger partial charge in [-0.25, -0.2) is 4.68 Å². The summed E-state index contributed by atoms with van der Waals surface area (Å²) in [6, 6.07) is 10.2. The number of aromatic nitrogens is 3. The topological polar surface area (TPSA) is 106 Å². The Kier molecular flexibility index (Phi) is 5.99. The van der Waals surface area contributed by atoms with Gasteiger partial charge in [-0.3, -0.25) is 9.78 Å². The second-order valence-corrected chi connectivity index (χ2v) is 11.0. The van der Waals surface area contributed by atoms with Crippen LogP contribution in [0, 0.1) is 18.8 Å². The molecule has 2 fully saturated rings. The van der Waals surface area contributed by atoms with Gasteiger partial charge in [0.25, 0.3) is 5.91 Å². The van der Waals surface area contributed by atoms with Crippen LogP contribution in [0.1, 0.15) is 41.7 Å². The second-order valence-electron chi connectivity index (χ2n) is 11.0. The van der Waals surface area contributed by atoms with Gasteiger partial charge in [0, 0.05) is 30.5 Å². The number of ether oxygens (including phenoxy) is 2. The predicted molar refractivity (Wildman–Crippen MR) is 150 cm³/mol. The number of rotatable bonds is 3. The minimum atomic E-state index is -0.316. The first-order valence-electron chi connectivity index (χ1n) is 13.8. The Morgan fingerprint density at radius 3 is 2.74 bits per heavy atom. The molecular formula is C29H33N7O3. The lowest BCUT2D eigenvalue weighted by Crippen LogP contribution is -2.40. The number of fused-ring (bicyclic) bond motifs is 7. The van der Waals surface area contributed by atoms with E-state index in [1.54, 1.807) is 23.0 Å². The molecule has 1 unspecified atom stereocenters. The van der Waals surface area contributed by atoms with Crippen LogP contribution in [0.5, 0.6) is 5.88 Å². The fourth-order valence-corrected chi connectivity index (χ4v) is 5.72. The standard InChI is InChI=1S/C29H33N7O3/c1-17-10-20-11-24(31-17)23-13-30-35(2)28(23)39-14-19(18-5-6-18)4-3-9-36-26-8-7-21(32-22-15-38-16-22)12-25(26)33-29(36)34-27(20)37/h7-8,10-13,18-19,22,32H,3-6,9,14-16H2,1-2H3,(H,33,34,37). The lowest BCUT2D eigenvalue weighted by Gasteiger charge is -2.28. The van der Waals surface area contributed by atoms with E-state index in [1.807, 2.05) is 14.0 Å². The van der Waals surface area contributed by atoms with Gasteiger partial charge in [-0.1, -0.05) is 0 Å². The van der Waals surface area contributed by atoms with Crippen LogP contribution in [-0.2, 0) is 11.8 Å². The van der Waals surface area contributed by atoms with Crippen molar-refractivity contribution < 1.29 is 14.3 Å². The summed E-state index contributed by atoms with van der Waals surface area (Å²) in [6.45, 7) is 4.73. The highest BCUT2D eigenvalue weighted by molar-refractivity contribution is 6.19. The van der Waals surface area contributed by atoms with E-state index in [-0.39, 0.29) is 5.91 Å². The molecule has 3 aromatic rings. The molecule has 0 radical (unpaired) electrons. The summed E-state index contributed by atoms with van der Waals surface area (Å²) in [6.07, 6.45) is 6.28. The minimum Gasteiger partial charge on any atom is -0.477 e. The fraction of sp³-hybridized carbons (Fsp3) is 0.448. The Labute approximate surface area is 227 Å². The van der Waals surface area contributed by atoms with E-state index in [4.69, 9.17) is 14.5 Å². The number of hydrogen-bond donors (Lipinski definition) is 2. The molecule has 1 aromatic carbocycles. The number of hydrogen-bond acceptors (Lipinski definition) is 8. The van der Waals surface area contributed by atoms with Crippen LogP contribution in [0.25, 0.3) is 11.3 Å². The van der Waals surface area contributed by atoms with Crippen molar-refractivity contribution in [3.63, 3.8) is 0 Å². The fourth-order valence-electron chi connectivity index (χ4n) is 5.72. The molecule has 1 saturated heterocycles. The SMILES string of the molecule is Cc1cc2cc(n1)-c1cnn(C)c1OCC(C1CC1)CCCN1/C(=N/C2=O)Nc2cc(NC3COC3)ccc21. The summed E-state index contributed by atoms with van der Waals surface area (Å²) in [4.78, 5) is 25.0. The van der Waals surface area contributed by atoms with Crippen LogP contribution in [0.4, 0.5) is 17.1 Å². The van der Waals surface area contributed by atoms with Gasteiger partial charge in [0.05, 0.1) is 54.7 Å². The van der Waals surface area contributed by atoms with Crippen molar-refractivity contribution in [3.8, 4) is 17.1 Å². The molecule has 1 atom stereocenters. The molecule has 5 heterocycles. The number of nitrogens with one attached hydrogen (secondary N) is 2. The van der Waals surface area contributed by atoms with Crippen LogP contribution in [0.3, 0.4) is 0 Å². The summed E-state index contributed by atoms with van der Waals surface area (Å²) in [5, 5.41) is 11.4. The Morgan fingerprint density at radius 1 is 1.08 bits per heavy atom. The largest absolute Gasteiger partial charge is 0.477 e. The van der Waals surface area contributed by atoms with Gasteiger partial charge in [-0.05, 0) is 74.8 Å². The third kappa shape index (κ3) is 4.73. The Morgan fingerprint density at radius 2 is 1.95 bits per heavy atom. The first-order chi connectivity index (χ1) is 19.0. The number of pyridine rings is 1. The van der Waals surface area contributed by atoms with Gasteiger partial charge >= 0.3 is 0 Å². The molecular weight excluding hydrogens is 494 g/mol. The van der Waals surface area contributed by atoms with Gasteiger partial charge in [-0.15, -0.1) is 0 Å². The molecule has 2 bridgehead atoms.